The van der Waals surface area contributed by atoms with Crippen LogP contribution in [0.25, 0.3) is 32.9 Å². The Morgan fingerprint density at radius 2 is 1.92 bits per heavy atom. The minimum atomic E-state index is -0.691. The van der Waals surface area contributed by atoms with Gasteiger partial charge in [-0.3, -0.25) is 9.89 Å². The molecule has 0 atom stereocenters. The van der Waals surface area contributed by atoms with E-state index in [1.54, 1.807) is 12.3 Å². The van der Waals surface area contributed by atoms with Gasteiger partial charge >= 0.3 is 0 Å². The molecule has 0 aliphatic rings. The lowest BCUT2D eigenvalue weighted by Gasteiger charge is -2.11. The number of carbonyl (C=O) groups is 1. The zero-order valence-electron chi connectivity index (χ0n) is 12.9. The molecule has 0 bridgehead atoms. The first-order valence-electron chi connectivity index (χ1n) is 7.35. The van der Waals surface area contributed by atoms with Gasteiger partial charge in [0.2, 0.25) is 0 Å². The van der Waals surface area contributed by atoms with Crippen LogP contribution in [0.3, 0.4) is 0 Å². The van der Waals surface area contributed by atoms with Crippen LogP contribution in [0, 0.1) is 6.92 Å². The number of nitrogens with zero attached hydrogens (tertiary/aromatic N) is 3. The van der Waals surface area contributed by atoms with Gasteiger partial charge in [0.1, 0.15) is 5.52 Å². The average Bonchev–Trinajstić information content (AvgIpc) is 3.05. The first-order chi connectivity index (χ1) is 11.6. The monoisotopic (exact) mass is 318 g/mol. The molecular formula is C17H14N6O. The van der Waals surface area contributed by atoms with Crippen molar-refractivity contribution >= 4 is 33.4 Å². The van der Waals surface area contributed by atoms with E-state index in [9.17, 15) is 4.79 Å². The maximum Gasteiger partial charge on any atom is 0.271 e. The lowest BCUT2D eigenvalue weighted by Crippen LogP contribution is -2.16. The smallest absolute Gasteiger partial charge is 0.271 e. The van der Waals surface area contributed by atoms with E-state index in [0.29, 0.717) is 10.9 Å². The van der Waals surface area contributed by atoms with E-state index in [4.69, 9.17) is 11.5 Å². The zero-order valence-corrected chi connectivity index (χ0v) is 12.9. The van der Waals surface area contributed by atoms with Gasteiger partial charge in [-0.25, -0.2) is 0 Å². The third-order valence-electron chi connectivity index (χ3n) is 4.25. The molecule has 0 unspecified atom stereocenters. The lowest BCUT2D eigenvalue weighted by atomic mass is 9.95. The molecule has 1 amide bonds. The predicted octanol–water partition coefficient (Wildman–Crippen LogP) is 2.16. The molecule has 0 saturated carbocycles. The van der Waals surface area contributed by atoms with Gasteiger partial charge in [0.15, 0.2) is 5.69 Å². The van der Waals surface area contributed by atoms with Crippen molar-refractivity contribution in [1.82, 2.24) is 20.4 Å². The molecule has 7 nitrogen and oxygen atoms in total. The van der Waals surface area contributed by atoms with Crippen molar-refractivity contribution in [3.63, 3.8) is 0 Å². The molecule has 0 radical (unpaired) electrons. The van der Waals surface area contributed by atoms with E-state index in [0.717, 1.165) is 27.6 Å². The number of amides is 1. The molecule has 0 aliphatic heterocycles. The number of H-pyrrole nitrogens is 1. The molecule has 2 aromatic heterocycles. The third kappa shape index (κ3) is 1.91. The van der Waals surface area contributed by atoms with Gasteiger partial charge in [0.05, 0.1) is 17.4 Å². The van der Waals surface area contributed by atoms with Crippen molar-refractivity contribution < 1.29 is 4.79 Å². The second-order valence-corrected chi connectivity index (χ2v) is 5.60. The Hall–Kier alpha value is -3.48. The van der Waals surface area contributed by atoms with Crippen LogP contribution in [0.5, 0.6) is 0 Å². The Morgan fingerprint density at radius 3 is 2.71 bits per heavy atom. The van der Waals surface area contributed by atoms with Crippen molar-refractivity contribution in [2.24, 2.45) is 5.73 Å². The Morgan fingerprint density at radius 1 is 1.08 bits per heavy atom. The van der Waals surface area contributed by atoms with Crippen molar-refractivity contribution in [2.45, 2.75) is 6.92 Å². The van der Waals surface area contributed by atoms with Crippen molar-refractivity contribution in [3.8, 4) is 11.1 Å². The molecule has 0 saturated heterocycles. The van der Waals surface area contributed by atoms with Crippen LogP contribution in [0.4, 0.5) is 5.69 Å². The summed E-state index contributed by atoms with van der Waals surface area (Å²) in [4.78, 5) is 11.4. The Bertz CT molecular complexity index is 1110. The zero-order chi connectivity index (χ0) is 16.8. The quantitative estimate of drug-likeness (QED) is 0.522. The number of nitrogens with one attached hydrogen (secondary N) is 1. The first kappa shape index (κ1) is 14.1. The fourth-order valence-corrected chi connectivity index (χ4v) is 3.00. The summed E-state index contributed by atoms with van der Waals surface area (Å²) in [6, 6.07) is 9.61. The van der Waals surface area contributed by atoms with Crippen LogP contribution >= 0.6 is 0 Å². The predicted molar refractivity (Wildman–Crippen MR) is 92.3 cm³/mol. The Kier molecular flexibility index (Phi) is 2.96. The summed E-state index contributed by atoms with van der Waals surface area (Å²) in [6.07, 6.45) is 1.80. The van der Waals surface area contributed by atoms with E-state index in [1.165, 1.54) is 0 Å². The molecule has 7 heteroatoms. The molecule has 2 heterocycles. The number of hydrogen-bond acceptors (Lipinski definition) is 5. The van der Waals surface area contributed by atoms with E-state index in [2.05, 4.69) is 20.4 Å². The van der Waals surface area contributed by atoms with Crippen molar-refractivity contribution in [2.75, 3.05) is 5.73 Å². The van der Waals surface area contributed by atoms with E-state index >= 15 is 0 Å². The van der Waals surface area contributed by atoms with Crippen LogP contribution in [0.1, 0.15) is 16.1 Å². The summed E-state index contributed by atoms with van der Waals surface area (Å²) < 4.78 is 0. The number of benzene rings is 2. The minimum absolute atomic E-state index is 0.0124. The second kappa shape index (κ2) is 5.02. The van der Waals surface area contributed by atoms with Gasteiger partial charge in [0.25, 0.3) is 5.91 Å². The van der Waals surface area contributed by atoms with Gasteiger partial charge in [-0.05, 0) is 24.1 Å². The summed E-state index contributed by atoms with van der Waals surface area (Å²) >= 11 is 0. The number of aromatic nitrogens is 4. The number of fused-ring (bicyclic) bond motifs is 2. The summed E-state index contributed by atoms with van der Waals surface area (Å²) in [6.45, 7) is 2.03. The number of rotatable bonds is 2. The van der Waals surface area contributed by atoms with Gasteiger partial charge in [-0.15, -0.1) is 10.2 Å². The van der Waals surface area contributed by atoms with Crippen LogP contribution in [-0.4, -0.2) is 26.3 Å². The van der Waals surface area contributed by atoms with Crippen LogP contribution < -0.4 is 11.5 Å². The molecule has 4 rings (SSSR count). The van der Waals surface area contributed by atoms with E-state index < -0.39 is 5.91 Å². The highest BCUT2D eigenvalue weighted by atomic mass is 16.1. The number of nitrogens with two attached hydrogens (primary N) is 2. The van der Waals surface area contributed by atoms with Gasteiger partial charge in [0, 0.05) is 16.3 Å². The normalized spacial score (nSPS) is 11.2. The van der Waals surface area contributed by atoms with E-state index in [1.807, 2.05) is 31.2 Å². The number of anilines is 1. The summed E-state index contributed by atoms with van der Waals surface area (Å²) in [5.74, 6) is -0.691. The highest BCUT2D eigenvalue weighted by molar-refractivity contribution is 6.07. The molecule has 4 aromatic rings. The van der Waals surface area contributed by atoms with Crippen molar-refractivity contribution in [1.29, 1.82) is 0 Å². The maximum absolute atomic E-state index is 11.4. The molecule has 24 heavy (non-hydrogen) atoms. The van der Waals surface area contributed by atoms with Gasteiger partial charge < -0.3 is 11.5 Å². The number of hydrogen-bond donors (Lipinski definition) is 3. The molecular weight excluding hydrogens is 304 g/mol. The van der Waals surface area contributed by atoms with Crippen LogP contribution in [0.15, 0.2) is 36.5 Å². The number of aromatic amines is 1. The standard InChI is InChI=1S/C17H14N6O/c1-8-9(5-6-13-12(8)7-20-21-13)10-3-2-4-11-14(18)16(17(19)24)23-22-15(10)11/h2-7H,1H3,(H2,18,22)(H2,19,24)(H,20,21). The molecule has 5 N–H and O–H groups in total. The van der Waals surface area contributed by atoms with Gasteiger partial charge in [-0.2, -0.15) is 5.10 Å². The second-order valence-electron chi connectivity index (χ2n) is 5.60. The minimum Gasteiger partial charge on any atom is -0.396 e. The van der Waals surface area contributed by atoms with Crippen LogP contribution in [-0.2, 0) is 0 Å². The maximum atomic E-state index is 11.4. The number of nitrogen functional groups attached to an aromatic ring is 1. The number of aryl methyl sites for hydroxylation is 1. The number of primary amides is 1. The molecule has 0 spiro atoms. The summed E-state index contributed by atoms with van der Waals surface area (Å²) in [5, 5.41) is 16.8. The summed E-state index contributed by atoms with van der Waals surface area (Å²) in [7, 11) is 0. The largest absolute Gasteiger partial charge is 0.396 e. The highest BCUT2D eigenvalue weighted by Crippen LogP contribution is 2.34. The molecule has 0 aliphatic carbocycles. The third-order valence-corrected chi connectivity index (χ3v) is 4.25. The Labute approximate surface area is 136 Å². The molecule has 0 fully saturated rings. The topological polar surface area (TPSA) is 124 Å². The first-order valence-corrected chi connectivity index (χ1v) is 7.35. The fraction of sp³-hybridized carbons (Fsp3) is 0.0588. The van der Waals surface area contributed by atoms with Gasteiger partial charge in [-0.1, -0.05) is 24.3 Å². The SMILES string of the molecule is Cc1c(-c2cccc3c(N)c(C(N)=O)nnc23)ccc2[nH]ncc12. The van der Waals surface area contributed by atoms with E-state index in [-0.39, 0.29) is 11.4 Å². The molecule has 118 valence electrons. The highest BCUT2D eigenvalue weighted by Gasteiger charge is 2.16. The lowest BCUT2D eigenvalue weighted by molar-refractivity contribution is 0.0996. The van der Waals surface area contributed by atoms with Crippen LogP contribution in [0.2, 0.25) is 0 Å². The Balaban J connectivity index is 2.04. The summed E-state index contributed by atoms with van der Waals surface area (Å²) in [5.41, 5.74) is 16.2. The molecule has 2 aromatic carbocycles. The average molecular weight is 318 g/mol. The fourth-order valence-electron chi connectivity index (χ4n) is 3.00. The van der Waals surface area contributed by atoms with Crippen molar-refractivity contribution in [3.05, 3.63) is 47.8 Å². The number of carbonyl (C=O) groups excluding carboxylic acids is 1.